The lowest BCUT2D eigenvalue weighted by Crippen LogP contribution is -2.08. The molecule has 2 aromatic carbocycles. The third kappa shape index (κ3) is 3.29. The van der Waals surface area contributed by atoms with Crippen molar-refractivity contribution in [2.45, 2.75) is 13.5 Å². The van der Waals surface area contributed by atoms with E-state index in [1.54, 1.807) is 31.2 Å². The number of hydrogen-bond acceptors (Lipinski definition) is 6. The van der Waals surface area contributed by atoms with Gasteiger partial charge in [-0.15, -0.1) is 0 Å². The zero-order valence-electron chi connectivity index (χ0n) is 15.1. The summed E-state index contributed by atoms with van der Waals surface area (Å²) in [6, 6.07) is 11.9. The van der Waals surface area contributed by atoms with Crippen LogP contribution in [0.5, 0.6) is 5.75 Å². The van der Waals surface area contributed by atoms with Gasteiger partial charge in [0.25, 0.3) is 0 Å². The van der Waals surface area contributed by atoms with E-state index in [4.69, 9.17) is 18.3 Å². The van der Waals surface area contributed by atoms with Crippen molar-refractivity contribution in [1.82, 2.24) is 0 Å². The molecule has 2 heterocycles. The smallest absolute Gasteiger partial charge is 0.374 e. The van der Waals surface area contributed by atoms with Gasteiger partial charge in [0.2, 0.25) is 5.76 Å². The number of ether oxygens (including phenoxy) is 2. The maximum atomic E-state index is 12.6. The minimum absolute atomic E-state index is 0.0898. The summed E-state index contributed by atoms with van der Waals surface area (Å²) in [7, 11) is 1.53. The number of aryl methyl sites for hydroxylation is 1. The van der Waals surface area contributed by atoms with Gasteiger partial charge in [0, 0.05) is 38.5 Å². The summed E-state index contributed by atoms with van der Waals surface area (Å²) in [4.78, 5) is 24.4. The average Bonchev–Trinajstić information content (AvgIpc) is 3.01. The molecule has 0 unspecified atom stereocenters. The van der Waals surface area contributed by atoms with Gasteiger partial charge in [-0.25, -0.2) is 9.59 Å². The molecule has 0 N–H and O–H groups in total. The minimum Gasteiger partial charge on any atom is -0.497 e. The Balaban J connectivity index is 1.63. The number of carbonyl (C=O) groups is 1. The van der Waals surface area contributed by atoms with E-state index in [0.717, 1.165) is 9.86 Å². The molecule has 0 saturated carbocycles. The Morgan fingerprint density at radius 2 is 1.86 bits per heavy atom. The second kappa shape index (κ2) is 7.16. The standard InChI is InChI=1S/C21H15BrO6/c1-11-16-8-13(22)3-6-17(16)28-20(11)21(24)26-10-12-7-19(23)27-18-9-14(25-2)4-5-15(12)18/h3-9H,10H2,1-2H3. The summed E-state index contributed by atoms with van der Waals surface area (Å²) < 4.78 is 22.3. The summed E-state index contributed by atoms with van der Waals surface area (Å²) in [5.41, 5.74) is 1.67. The Kier molecular flexibility index (Phi) is 4.68. The largest absolute Gasteiger partial charge is 0.497 e. The predicted molar refractivity (Wildman–Crippen MR) is 107 cm³/mol. The van der Waals surface area contributed by atoms with E-state index in [0.29, 0.717) is 33.4 Å². The van der Waals surface area contributed by atoms with E-state index in [-0.39, 0.29) is 12.4 Å². The van der Waals surface area contributed by atoms with Gasteiger partial charge in [0.1, 0.15) is 23.5 Å². The maximum Gasteiger partial charge on any atom is 0.374 e. The first-order chi connectivity index (χ1) is 13.5. The van der Waals surface area contributed by atoms with Crippen molar-refractivity contribution < 1.29 is 23.1 Å². The van der Waals surface area contributed by atoms with Gasteiger partial charge in [0.15, 0.2) is 0 Å². The van der Waals surface area contributed by atoms with Crippen LogP contribution < -0.4 is 10.4 Å². The van der Waals surface area contributed by atoms with Crippen molar-refractivity contribution >= 4 is 43.8 Å². The summed E-state index contributed by atoms with van der Waals surface area (Å²) in [6.07, 6.45) is 0. The van der Waals surface area contributed by atoms with E-state index in [9.17, 15) is 9.59 Å². The van der Waals surface area contributed by atoms with Gasteiger partial charge >= 0.3 is 11.6 Å². The molecule has 0 atom stereocenters. The molecule has 4 aromatic rings. The van der Waals surface area contributed by atoms with Gasteiger partial charge in [-0.1, -0.05) is 15.9 Å². The van der Waals surface area contributed by atoms with Crippen LogP contribution >= 0.6 is 15.9 Å². The molecule has 0 radical (unpaired) electrons. The van der Waals surface area contributed by atoms with Crippen molar-refractivity contribution in [3.05, 3.63) is 74.2 Å². The number of hydrogen-bond donors (Lipinski definition) is 0. The Morgan fingerprint density at radius 3 is 2.64 bits per heavy atom. The van der Waals surface area contributed by atoms with Crippen LogP contribution in [-0.2, 0) is 11.3 Å². The summed E-state index contributed by atoms with van der Waals surface area (Å²) >= 11 is 3.41. The number of carbonyl (C=O) groups excluding carboxylic acids is 1. The first kappa shape index (κ1) is 18.3. The molecule has 0 saturated heterocycles. The molecule has 4 rings (SSSR count). The molecule has 0 aliphatic heterocycles. The van der Waals surface area contributed by atoms with Gasteiger partial charge in [-0.05, 0) is 37.3 Å². The molecular weight excluding hydrogens is 428 g/mol. The number of benzene rings is 2. The average molecular weight is 443 g/mol. The summed E-state index contributed by atoms with van der Waals surface area (Å²) in [5.74, 6) is 0.107. The molecule has 0 aliphatic carbocycles. The molecule has 142 valence electrons. The molecule has 0 bridgehead atoms. The normalized spacial score (nSPS) is 11.1. The molecule has 7 heteroatoms. The molecule has 28 heavy (non-hydrogen) atoms. The van der Waals surface area contributed by atoms with E-state index >= 15 is 0 Å². The number of esters is 1. The van der Waals surface area contributed by atoms with E-state index in [2.05, 4.69) is 15.9 Å². The van der Waals surface area contributed by atoms with E-state index in [1.807, 2.05) is 12.1 Å². The SMILES string of the molecule is COc1ccc2c(COC(=O)c3oc4ccc(Br)cc4c3C)cc(=O)oc2c1. The Bertz CT molecular complexity index is 1270. The van der Waals surface area contributed by atoms with Gasteiger partial charge in [-0.2, -0.15) is 0 Å². The van der Waals surface area contributed by atoms with Crippen LogP contribution in [0.1, 0.15) is 21.7 Å². The summed E-state index contributed by atoms with van der Waals surface area (Å²) in [6.45, 7) is 1.71. The number of rotatable bonds is 4. The third-order valence-corrected chi connectivity index (χ3v) is 4.97. The molecule has 0 amide bonds. The van der Waals surface area contributed by atoms with Crippen LogP contribution in [0.15, 0.2) is 60.6 Å². The first-order valence-electron chi connectivity index (χ1n) is 8.43. The topological polar surface area (TPSA) is 78.9 Å². The van der Waals surface area contributed by atoms with Crippen molar-refractivity contribution in [1.29, 1.82) is 0 Å². The molecule has 0 fully saturated rings. The van der Waals surface area contributed by atoms with Crippen molar-refractivity contribution in [2.75, 3.05) is 7.11 Å². The highest BCUT2D eigenvalue weighted by atomic mass is 79.9. The number of furan rings is 1. The highest BCUT2D eigenvalue weighted by Gasteiger charge is 2.20. The van der Waals surface area contributed by atoms with Crippen LogP contribution in [0.4, 0.5) is 0 Å². The fourth-order valence-corrected chi connectivity index (χ4v) is 3.41. The Hall–Kier alpha value is -3.06. The number of fused-ring (bicyclic) bond motifs is 2. The quantitative estimate of drug-likeness (QED) is 0.327. The summed E-state index contributed by atoms with van der Waals surface area (Å²) in [5, 5.41) is 1.50. The highest BCUT2D eigenvalue weighted by molar-refractivity contribution is 9.10. The lowest BCUT2D eigenvalue weighted by Gasteiger charge is -2.07. The second-order valence-corrected chi connectivity index (χ2v) is 7.14. The van der Waals surface area contributed by atoms with Gasteiger partial charge < -0.3 is 18.3 Å². The monoisotopic (exact) mass is 442 g/mol. The van der Waals surface area contributed by atoms with Crippen molar-refractivity contribution in [2.24, 2.45) is 0 Å². The molecule has 6 nitrogen and oxygen atoms in total. The third-order valence-electron chi connectivity index (χ3n) is 4.48. The lowest BCUT2D eigenvalue weighted by molar-refractivity contribution is 0.0438. The molecule has 0 aliphatic rings. The van der Waals surface area contributed by atoms with Crippen LogP contribution in [0, 0.1) is 6.92 Å². The van der Waals surface area contributed by atoms with Crippen molar-refractivity contribution in [3.8, 4) is 5.75 Å². The number of halogens is 1. The fraction of sp³-hybridized carbons (Fsp3) is 0.143. The predicted octanol–water partition coefficient (Wildman–Crippen LogP) is 4.98. The lowest BCUT2D eigenvalue weighted by atomic mass is 10.1. The Labute approximate surface area is 167 Å². The molecular formula is C21H15BrO6. The molecule has 0 spiro atoms. The maximum absolute atomic E-state index is 12.6. The highest BCUT2D eigenvalue weighted by Crippen LogP contribution is 2.29. The molecule has 2 aromatic heterocycles. The second-order valence-electron chi connectivity index (χ2n) is 6.23. The van der Waals surface area contributed by atoms with E-state index < -0.39 is 11.6 Å². The number of methoxy groups -OCH3 is 1. The zero-order chi connectivity index (χ0) is 19.8. The minimum atomic E-state index is -0.597. The zero-order valence-corrected chi connectivity index (χ0v) is 16.7. The van der Waals surface area contributed by atoms with E-state index in [1.165, 1.54) is 13.2 Å². The van der Waals surface area contributed by atoms with Crippen LogP contribution in [-0.4, -0.2) is 13.1 Å². The van der Waals surface area contributed by atoms with Crippen molar-refractivity contribution in [3.63, 3.8) is 0 Å². The van der Waals surface area contributed by atoms with Gasteiger partial charge in [0.05, 0.1) is 7.11 Å². The Morgan fingerprint density at radius 1 is 1.04 bits per heavy atom. The van der Waals surface area contributed by atoms with Crippen LogP contribution in [0.2, 0.25) is 0 Å². The fourth-order valence-electron chi connectivity index (χ4n) is 3.05. The van der Waals surface area contributed by atoms with Crippen LogP contribution in [0.3, 0.4) is 0 Å². The van der Waals surface area contributed by atoms with Gasteiger partial charge in [-0.3, -0.25) is 0 Å². The van der Waals surface area contributed by atoms with Crippen LogP contribution in [0.25, 0.3) is 21.9 Å². The first-order valence-corrected chi connectivity index (χ1v) is 9.22.